The van der Waals surface area contributed by atoms with Crippen LogP contribution in [-0.4, -0.2) is 21.4 Å². The van der Waals surface area contributed by atoms with Crippen molar-refractivity contribution in [1.29, 1.82) is 0 Å². The van der Waals surface area contributed by atoms with Gasteiger partial charge in [-0.05, 0) is 30.3 Å². The molecule has 3 heterocycles. The maximum Gasteiger partial charge on any atom is 0.255 e. The minimum atomic E-state index is -0.0818. The second-order valence-electron chi connectivity index (χ2n) is 7.56. The van der Waals surface area contributed by atoms with E-state index in [1.807, 2.05) is 48.5 Å². The lowest BCUT2D eigenvalue weighted by Gasteiger charge is -2.26. The number of nitrogens with one attached hydrogen (secondary N) is 1. The molecule has 0 fully saturated rings. The molecule has 0 saturated heterocycles. The molecule has 5 nitrogen and oxygen atoms in total. The summed E-state index contributed by atoms with van der Waals surface area (Å²) in [6, 6.07) is 18.9. The monoisotopic (exact) mass is 451 g/mol. The molecule has 0 bridgehead atoms. The van der Waals surface area contributed by atoms with Crippen molar-refractivity contribution in [3.05, 3.63) is 98.1 Å². The van der Waals surface area contributed by atoms with Crippen LogP contribution < -0.4 is 5.56 Å². The summed E-state index contributed by atoms with van der Waals surface area (Å²) in [4.78, 5) is 22.6. The normalized spacial score (nSPS) is 13.9. The van der Waals surface area contributed by atoms with Gasteiger partial charge in [-0.15, -0.1) is 0 Å². The van der Waals surface area contributed by atoms with E-state index in [1.54, 1.807) is 12.1 Å². The van der Waals surface area contributed by atoms with Crippen LogP contribution in [0.1, 0.15) is 17.0 Å². The quantitative estimate of drug-likeness (QED) is 0.440. The summed E-state index contributed by atoms with van der Waals surface area (Å²) in [6.45, 7) is 1.93. The van der Waals surface area contributed by atoms with E-state index >= 15 is 0 Å². The lowest BCUT2D eigenvalue weighted by atomic mass is 10.1. The van der Waals surface area contributed by atoms with Gasteiger partial charge in [0.1, 0.15) is 17.3 Å². The Morgan fingerprint density at radius 1 is 1.06 bits per heavy atom. The number of rotatable bonds is 4. The Morgan fingerprint density at radius 3 is 2.71 bits per heavy atom. The molecule has 5 rings (SSSR count). The van der Waals surface area contributed by atoms with Gasteiger partial charge in [0.2, 0.25) is 0 Å². The van der Waals surface area contributed by atoms with E-state index in [-0.39, 0.29) is 5.56 Å². The first-order valence-corrected chi connectivity index (χ1v) is 10.8. The first-order chi connectivity index (χ1) is 15.1. The second kappa shape index (κ2) is 8.35. The Kier molecular flexibility index (Phi) is 5.40. The molecular weight excluding hydrogens is 433 g/mol. The lowest BCUT2D eigenvalue weighted by Crippen LogP contribution is -2.35. The number of H-pyrrole nitrogens is 1. The van der Waals surface area contributed by atoms with Crippen molar-refractivity contribution in [2.45, 2.75) is 19.5 Å². The number of benzene rings is 2. The van der Waals surface area contributed by atoms with Gasteiger partial charge in [-0.25, -0.2) is 4.98 Å². The molecule has 2 aromatic heterocycles. The summed E-state index contributed by atoms with van der Waals surface area (Å²) in [5.74, 6) is 2.13. The summed E-state index contributed by atoms with van der Waals surface area (Å²) >= 11 is 12.3. The van der Waals surface area contributed by atoms with Crippen LogP contribution in [0.5, 0.6) is 0 Å². The van der Waals surface area contributed by atoms with E-state index in [2.05, 4.69) is 9.88 Å². The third-order valence-corrected chi connectivity index (χ3v) is 5.98. The molecular formula is C24H19Cl2N3O2. The summed E-state index contributed by atoms with van der Waals surface area (Å²) in [5, 5.41) is 1.13. The number of aromatic nitrogens is 2. The van der Waals surface area contributed by atoms with Gasteiger partial charge in [0, 0.05) is 35.7 Å². The summed E-state index contributed by atoms with van der Waals surface area (Å²) in [7, 11) is 0. The fourth-order valence-corrected chi connectivity index (χ4v) is 4.37. The highest BCUT2D eigenvalue weighted by Gasteiger charge is 2.22. The van der Waals surface area contributed by atoms with Crippen molar-refractivity contribution in [3.63, 3.8) is 0 Å². The zero-order valence-corrected chi connectivity index (χ0v) is 18.1. The SMILES string of the molecule is O=c1[nH]c(-c2ccccc2)nc2c1CN(Cc1ccc(-c3ccc(Cl)cc3Cl)o1)CC2. The van der Waals surface area contributed by atoms with E-state index in [1.165, 1.54) is 0 Å². The van der Waals surface area contributed by atoms with Crippen LogP contribution in [0.15, 0.2) is 69.9 Å². The molecule has 1 aliphatic heterocycles. The van der Waals surface area contributed by atoms with Gasteiger partial charge in [-0.3, -0.25) is 9.69 Å². The Bertz CT molecular complexity index is 1300. The molecule has 4 aromatic rings. The predicted molar refractivity (Wildman–Crippen MR) is 122 cm³/mol. The maximum atomic E-state index is 12.7. The van der Waals surface area contributed by atoms with E-state index < -0.39 is 0 Å². The first-order valence-electron chi connectivity index (χ1n) is 10.0. The molecule has 2 aromatic carbocycles. The number of aromatic amines is 1. The molecule has 1 N–H and O–H groups in total. The second-order valence-corrected chi connectivity index (χ2v) is 8.40. The summed E-state index contributed by atoms with van der Waals surface area (Å²) in [5.41, 5.74) is 3.22. The Balaban J connectivity index is 1.34. The molecule has 0 spiro atoms. The molecule has 0 aliphatic carbocycles. The van der Waals surface area contributed by atoms with Crippen molar-refractivity contribution < 1.29 is 4.42 Å². The Morgan fingerprint density at radius 2 is 1.90 bits per heavy atom. The average Bonchev–Trinajstić information content (AvgIpc) is 3.22. The highest BCUT2D eigenvalue weighted by Crippen LogP contribution is 2.32. The number of hydrogen-bond donors (Lipinski definition) is 1. The van der Waals surface area contributed by atoms with Gasteiger partial charge in [0.15, 0.2) is 0 Å². The molecule has 31 heavy (non-hydrogen) atoms. The highest BCUT2D eigenvalue weighted by atomic mass is 35.5. The number of fused-ring (bicyclic) bond motifs is 1. The van der Waals surface area contributed by atoms with Gasteiger partial charge in [0.05, 0.1) is 22.8 Å². The third-order valence-electron chi connectivity index (χ3n) is 5.43. The zero-order valence-electron chi connectivity index (χ0n) is 16.6. The molecule has 0 unspecified atom stereocenters. The van der Waals surface area contributed by atoms with Gasteiger partial charge < -0.3 is 9.40 Å². The van der Waals surface area contributed by atoms with Crippen LogP contribution >= 0.6 is 23.2 Å². The minimum Gasteiger partial charge on any atom is -0.460 e. The molecule has 7 heteroatoms. The van der Waals surface area contributed by atoms with E-state index in [4.69, 9.17) is 32.6 Å². The van der Waals surface area contributed by atoms with Crippen LogP contribution in [-0.2, 0) is 19.5 Å². The molecule has 0 atom stereocenters. The predicted octanol–water partition coefficient (Wildman–Crippen LogP) is 5.56. The first kappa shape index (κ1) is 20.1. The molecule has 0 radical (unpaired) electrons. The summed E-state index contributed by atoms with van der Waals surface area (Å²) in [6.07, 6.45) is 0.718. The molecule has 0 saturated carbocycles. The van der Waals surface area contributed by atoms with Crippen LogP contribution in [0.3, 0.4) is 0 Å². The number of furan rings is 1. The van der Waals surface area contributed by atoms with Gasteiger partial charge in [-0.1, -0.05) is 53.5 Å². The minimum absolute atomic E-state index is 0.0818. The number of halogens is 2. The Hall–Kier alpha value is -2.86. The van der Waals surface area contributed by atoms with Gasteiger partial charge in [0.25, 0.3) is 5.56 Å². The van der Waals surface area contributed by atoms with Crippen molar-refractivity contribution in [2.24, 2.45) is 0 Å². The fraction of sp³-hybridized carbons (Fsp3) is 0.167. The standard InChI is InChI=1S/C24H19Cl2N3O2/c25-16-6-8-18(20(26)12-16)22-9-7-17(31-22)13-29-11-10-21-19(14-29)24(30)28-23(27-21)15-4-2-1-3-5-15/h1-9,12H,10-11,13-14H2,(H,27,28,30). The highest BCUT2D eigenvalue weighted by molar-refractivity contribution is 6.36. The van der Waals surface area contributed by atoms with E-state index in [0.29, 0.717) is 34.7 Å². The number of hydrogen-bond acceptors (Lipinski definition) is 4. The van der Waals surface area contributed by atoms with E-state index in [9.17, 15) is 4.79 Å². The molecule has 1 aliphatic rings. The number of nitrogens with zero attached hydrogens (tertiary/aromatic N) is 2. The largest absolute Gasteiger partial charge is 0.460 e. The van der Waals surface area contributed by atoms with Crippen LogP contribution in [0.4, 0.5) is 0 Å². The topological polar surface area (TPSA) is 62.1 Å². The van der Waals surface area contributed by atoms with Crippen LogP contribution in [0, 0.1) is 0 Å². The zero-order chi connectivity index (χ0) is 21.4. The smallest absolute Gasteiger partial charge is 0.255 e. The van der Waals surface area contributed by atoms with Gasteiger partial charge >= 0.3 is 0 Å². The maximum absolute atomic E-state index is 12.7. The van der Waals surface area contributed by atoms with Crippen molar-refractivity contribution >= 4 is 23.2 Å². The van der Waals surface area contributed by atoms with Crippen molar-refractivity contribution in [2.75, 3.05) is 6.54 Å². The Labute approximate surface area is 189 Å². The molecule has 0 amide bonds. The summed E-state index contributed by atoms with van der Waals surface area (Å²) < 4.78 is 6.02. The van der Waals surface area contributed by atoms with Crippen LogP contribution in [0.2, 0.25) is 10.0 Å². The van der Waals surface area contributed by atoms with Gasteiger partial charge in [-0.2, -0.15) is 0 Å². The third kappa shape index (κ3) is 4.17. The van der Waals surface area contributed by atoms with Crippen molar-refractivity contribution in [3.8, 4) is 22.7 Å². The van der Waals surface area contributed by atoms with Crippen molar-refractivity contribution in [1.82, 2.24) is 14.9 Å². The lowest BCUT2D eigenvalue weighted by molar-refractivity contribution is 0.223. The van der Waals surface area contributed by atoms with Crippen LogP contribution in [0.25, 0.3) is 22.7 Å². The molecule has 156 valence electrons. The fourth-order valence-electron chi connectivity index (χ4n) is 3.87. The average molecular weight is 452 g/mol. The van der Waals surface area contributed by atoms with E-state index in [0.717, 1.165) is 41.1 Å².